The second-order valence-electron chi connectivity index (χ2n) is 6.23. The number of nitrogens with one attached hydrogen (secondary N) is 1. The van der Waals surface area contributed by atoms with Gasteiger partial charge < -0.3 is 10.4 Å². The van der Waals surface area contributed by atoms with Crippen LogP contribution in [0, 0.1) is 0 Å². The SMILES string of the molecule is O=C(CCC1CCCc2ccccc21)Nc1ccccc1C(=O)O. The zero-order valence-corrected chi connectivity index (χ0v) is 13.5. The Morgan fingerprint density at radius 2 is 1.83 bits per heavy atom. The quantitative estimate of drug-likeness (QED) is 0.865. The Morgan fingerprint density at radius 1 is 1.08 bits per heavy atom. The van der Waals surface area contributed by atoms with E-state index < -0.39 is 5.97 Å². The van der Waals surface area contributed by atoms with Crippen LogP contribution in [-0.2, 0) is 11.2 Å². The van der Waals surface area contributed by atoms with Crippen LogP contribution in [-0.4, -0.2) is 17.0 Å². The van der Waals surface area contributed by atoms with Crippen molar-refractivity contribution in [3.63, 3.8) is 0 Å². The van der Waals surface area contributed by atoms with Crippen molar-refractivity contribution in [1.82, 2.24) is 0 Å². The molecule has 0 fully saturated rings. The molecule has 1 aliphatic rings. The third-order valence-corrected chi connectivity index (χ3v) is 4.65. The van der Waals surface area contributed by atoms with Gasteiger partial charge in [-0.25, -0.2) is 4.79 Å². The molecule has 1 aliphatic carbocycles. The Morgan fingerprint density at radius 3 is 2.67 bits per heavy atom. The van der Waals surface area contributed by atoms with Gasteiger partial charge in [0.05, 0.1) is 11.3 Å². The summed E-state index contributed by atoms with van der Waals surface area (Å²) in [7, 11) is 0. The van der Waals surface area contributed by atoms with E-state index in [0.717, 1.165) is 25.7 Å². The van der Waals surface area contributed by atoms with Crippen LogP contribution < -0.4 is 5.32 Å². The summed E-state index contributed by atoms with van der Waals surface area (Å²) in [5.74, 6) is -0.755. The molecule has 0 saturated heterocycles. The fourth-order valence-corrected chi connectivity index (χ4v) is 3.45. The van der Waals surface area contributed by atoms with Gasteiger partial charge in [-0.15, -0.1) is 0 Å². The van der Waals surface area contributed by atoms with Crippen molar-refractivity contribution >= 4 is 17.6 Å². The molecule has 0 bridgehead atoms. The first-order valence-electron chi connectivity index (χ1n) is 8.35. The highest BCUT2D eigenvalue weighted by Gasteiger charge is 2.20. The van der Waals surface area contributed by atoms with Gasteiger partial charge in [0.2, 0.25) is 5.91 Å². The fraction of sp³-hybridized carbons (Fsp3) is 0.300. The Bertz CT molecular complexity index is 754. The van der Waals surface area contributed by atoms with E-state index in [0.29, 0.717) is 18.0 Å². The zero-order valence-electron chi connectivity index (χ0n) is 13.5. The molecule has 2 aromatic rings. The number of carboxylic acid groups (broad SMARTS) is 1. The van der Waals surface area contributed by atoms with Gasteiger partial charge in [0, 0.05) is 6.42 Å². The van der Waals surface area contributed by atoms with Crippen molar-refractivity contribution in [2.75, 3.05) is 5.32 Å². The van der Waals surface area contributed by atoms with E-state index in [1.54, 1.807) is 18.2 Å². The van der Waals surface area contributed by atoms with E-state index >= 15 is 0 Å². The van der Waals surface area contributed by atoms with Gasteiger partial charge in [-0.1, -0.05) is 36.4 Å². The monoisotopic (exact) mass is 323 g/mol. The summed E-state index contributed by atoms with van der Waals surface area (Å²) >= 11 is 0. The number of hydrogen-bond acceptors (Lipinski definition) is 2. The van der Waals surface area contributed by atoms with Crippen molar-refractivity contribution in [3.8, 4) is 0 Å². The van der Waals surface area contributed by atoms with Gasteiger partial charge in [-0.2, -0.15) is 0 Å². The molecular formula is C20H21NO3. The fourth-order valence-electron chi connectivity index (χ4n) is 3.45. The van der Waals surface area contributed by atoms with Crippen LogP contribution in [0.25, 0.3) is 0 Å². The Balaban J connectivity index is 1.62. The second-order valence-corrected chi connectivity index (χ2v) is 6.23. The molecule has 1 atom stereocenters. The number of aryl methyl sites for hydroxylation is 1. The standard InChI is InChI=1S/C20H21NO3/c22-19(21-18-11-4-3-10-17(18)20(23)24)13-12-15-8-5-7-14-6-1-2-9-16(14)15/h1-4,6,9-11,15H,5,7-8,12-13H2,(H,21,22)(H,23,24). The number of carbonyl (C=O) groups excluding carboxylic acids is 1. The number of rotatable bonds is 5. The smallest absolute Gasteiger partial charge is 0.337 e. The summed E-state index contributed by atoms with van der Waals surface area (Å²) in [4.78, 5) is 23.4. The molecule has 2 aromatic carbocycles. The van der Waals surface area contributed by atoms with E-state index in [4.69, 9.17) is 0 Å². The average Bonchev–Trinajstić information content (AvgIpc) is 2.60. The first-order valence-corrected chi connectivity index (χ1v) is 8.35. The number of benzene rings is 2. The lowest BCUT2D eigenvalue weighted by atomic mass is 9.80. The van der Waals surface area contributed by atoms with Crippen molar-refractivity contribution in [2.45, 2.75) is 38.0 Å². The topological polar surface area (TPSA) is 66.4 Å². The van der Waals surface area contributed by atoms with Crippen LogP contribution in [0.5, 0.6) is 0 Å². The second kappa shape index (κ2) is 7.30. The molecule has 0 aliphatic heterocycles. The van der Waals surface area contributed by atoms with Crippen LogP contribution in [0.15, 0.2) is 48.5 Å². The Kier molecular flexibility index (Phi) is 4.94. The number of amides is 1. The molecule has 0 radical (unpaired) electrons. The van der Waals surface area contributed by atoms with Crippen molar-refractivity contribution in [1.29, 1.82) is 0 Å². The lowest BCUT2D eigenvalue weighted by molar-refractivity contribution is -0.116. The van der Waals surface area contributed by atoms with Crippen LogP contribution in [0.4, 0.5) is 5.69 Å². The zero-order chi connectivity index (χ0) is 16.9. The maximum atomic E-state index is 12.2. The highest BCUT2D eigenvalue weighted by atomic mass is 16.4. The third kappa shape index (κ3) is 3.65. The number of carboxylic acids is 1. The molecule has 0 saturated carbocycles. The van der Waals surface area contributed by atoms with Crippen molar-refractivity contribution in [2.24, 2.45) is 0 Å². The largest absolute Gasteiger partial charge is 0.478 e. The minimum atomic E-state index is -1.04. The van der Waals surface area contributed by atoms with E-state index in [-0.39, 0.29) is 11.5 Å². The molecule has 3 rings (SSSR count). The number of hydrogen-bond donors (Lipinski definition) is 2. The average molecular weight is 323 g/mol. The molecule has 0 spiro atoms. The number of anilines is 1. The minimum absolute atomic E-state index is 0.119. The number of carbonyl (C=O) groups is 2. The number of aromatic carboxylic acids is 1. The lowest BCUT2D eigenvalue weighted by Crippen LogP contribution is -2.17. The van der Waals surface area contributed by atoms with Gasteiger partial charge in [-0.05, 0) is 54.9 Å². The lowest BCUT2D eigenvalue weighted by Gasteiger charge is -2.25. The molecule has 0 aromatic heterocycles. The molecular weight excluding hydrogens is 302 g/mol. The van der Waals surface area contributed by atoms with E-state index in [9.17, 15) is 14.7 Å². The summed E-state index contributed by atoms with van der Waals surface area (Å²) in [5, 5.41) is 11.9. The normalized spacial score (nSPS) is 16.2. The van der Waals surface area contributed by atoms with Gasteiger partial charge >= 0.3 is 5.97 Å². The summed E-state index contributed by atoms with van der Waals surface area (Å²) in [5.41, 5.74) is 3.24. The molecule has 24 heavy (non-hydrogen) atoms. The molecule has 2 N–H and O–H groups in total. The maximum Gasteiger partial charge on any atom is 0.337 e. The molecule has 0 heterocycles. The maximum absolute atomic E-state index is 12.2. The third-order valence-electron chi connectivity index (χ3n) is 4.65. The van der Waals surface area contributed by atoms with Crippen LogP contribution >= 0.6 is 0 Å². The highest BCUT2D eigenvalue weighted by Crippen LogP contribution is 2.34. The van der Waals surface area contributed by atoms with Crippen LogP contribution in [0.3, 0.4) is 0 Å². The molecule has 4 nitrogen and oxygen atoms in total. The summed E-state index contributed by atoms with van der Waals surface area (Å²) in [6.45, 7) is 0. The predicted octanol–water partition coefficient (Wildman–Crippen LogP) is 4.22. The first kappa shape index (κ1) is 16.2. The predicted molar refractivity (Wildman–Crippen MR) is 93.4 cm³/mol. The van der Waals surface area contributed by atoms with Crippen LogP contribution in [0.2, 0.25) is 0 Å². The molecule has 124 valence electrons. The van der Waals surface area contributed by atoms with Gasteiger partial charge in [0.25, 0.3) is 0 Å². The first-order chi connectivity index (χ1) is 11.6. The summed E-state index contributed by atoms with van der Waals surface area (Å²) in [6.07, 6.45) is 4.57. The van der Waals surface area contributed by atoms with Crippen molar-refractivity contribution in [3.05, 3.63) is 65.2 Å². The minimum Gasteiger partial charge on any atom is -0.478 e. The van der Waals surface area contributed by atoms with E-state index in [1.165, 1.54) is 17.2 Å². The van der Waals surface area contributed by atoms with Gasteiger partial charge in [0.1, 0.15) is 0 Å². The summed E-state index contributed by atoms with van der Waals surface area (Å²) in [6, 6.07) is 14.9. The molecule has 1 amide bonds. The molecule has 4 heteroatoms. The van der Waals surface area contributed by atoms with Crippen LogP contribution in [0.1, 0.15) is 53.1 Å². The van der Waals surface area contributed by atoms with Gasteiger partial charge in [0.15, 0.2) is 0 Å². The molecule has 1 unspecified atom stereocenters. The Labute approximate surface area is 141 Å². The summed E-state index contributed by atoms with van der Waals surface area (Å²) < 4.78 is 0. The van der Waals surface area contributed by atoms with E-state index in [2.05, 4.69) is 29.6 Å². The number of fused-ring (bicyclic) bond motifs is 1. The van der Waals surface area contributed by atoms with Crippen molar-refractivity contribution < 1.29 is 14.7 Å². The number of para-hydroxylation sites is 1. The Hall–Kier alpha value is -2.62. The van der Waals surface area contributed by atoms with E-state index in [1.807, 2.05) is 0 Å². The van der Waals surface area contributed by atoms with Gasteiger partial charge in [-0.3, -0.25) is 4.79 Å². The highest BCUT2D eigenvalue weighted by molar-refractivity contribution is 6.00.